The predicted octanol–water partition coefficient (Wildman–Crippen LogP) is 1.83. The van der Waals surface area contributed by atoms with Crippen LogP contribution < -0.4 is 0 Å². The summed E-state index contributed by atoms with van der Waals surface area (Å²) in [7, 11) is 0. The molecule has 0 aliphatic rings. The average molecular weight is 224 g/mol. The first kappa shape index (κ1) is 8.51. The van der Waals surface area contributed by atoms with Crippen molar-refractivity contribution in [2.24, 2.45) is 0 Å². The van der Waals surface area contributed by atoms with Crippen molar-refractivity contribution >= 4 is 22.1 Å². The number of rotatable bonds is 1. The molecular weight excluding hydrogens is 216 g/mol. The van der Waals surface area contributed by atoms with Crippen molar-refractivity contribution < 1.29 is 0 Å². The maximum atomic E-state index is 4.46. The summed E-state index contributed by atoms with van der Waals surface area (Å²) in [6.07, 6.45) is 7.08. The van der Waals surface area contributed by atoms with E-state index >= 15 is 0 Å². The summed E-state index contributed by atoms with van der Waals surface area (Å²) in [5, 5.41) is 1.04. The Kier molecular flexibility index (Phi) is 1.47. The van der Waals surface area contributed by atoms with Crippen LogP contribution in [0.2, 0.25) is 0 Å². The highest BCUT2D eigenvalue weighted by atomic mass is 15.0. The van der Waals surface area contributed by atoms with Crippen LogP contribution >= 0.6 is 0 Å². The van der Waals surface area contributed by atoms with Gasteiger partial charge in [0, 0.05) is 24.0 Å². The van der Waals surface area contributed by atoms with Gasteiger partial charge >= 0.3 is 0 Å². The van der Waals surface area contributed by atoms with Crippen LogP contribution in [0.4, 0.5) is 0 Å². The quantitative estimate of drug-likeness (QED) is 0.461. The number of hydrogen-bond donors (Lipinski definition) is 3. The monoisotopic (exact) mass is 224 g/mol. The van der Waals surface area contributed by atoms with Gasteiger partial charge in [0.1, 0.15) is 11.2 Å². The van der Waals surface area contributed by atoms with Gasteiger partial charge in [0.05, 0.1) is 11.7 Å². The Bertz CT molecular complexity index is 792. The minimum absolute atomic E-state index is 0.723. The highest BCUT2D eigenvalue weighted by Crippen LogP contribution is 2.23. The molecule has 82 valence electrons. The second-order valence-corrected chi connectivity index (χ2v) is 3.78. The molecule has 0 fully saturated rings. The van der Waals surface area contributed by atoms with Crippen LogP contribution in [-0.2, 0) is 0 Å². The molecule has 0 saturated carbocycles. The van der Waals surface area contributed by atoms with Crippen molar-refractivity contribution in [3.63, 3.8) is 0 Å². The third-order valence-corrected chi connectivity index (χ3v) is 2.76. The molecule has 4 aromatic heterocycles. The number of hydrogen-bond acceptors (Lipinski definition) is 3. The molecule has 0 bridgehead atoms. The number of pyridine rings is 1. The second kappa shape index (κ2) is 2.94. The number of nitrogens with zero attached hydrogens (tertiary/aromatic N) is 3. The van der Waals surface area contributed by atoms with E-state index in [0.717, 1.165) is 33.7 Å². The second-order valence-electron chi connectivity index (χ2n) is 3.78. The summed E-state index contributed by atoms with van der Waals surface area (Å²) >= 11 is 0. The largest absolute Gasteiger partial charge is 0.346 e. The summed E-state index contributed by atoms with van der Waals surface area (Å²) in [5.74, 6) is 1.45. The number of H-pyrrole nitrogens is 3. The lowest BCUT2D eigenvalue weighted by molar-refractivity contribution is 1.21. The van der Waals surface area contributed by atoms with Crippen molar-refractivity contribution in [3.05, 3.63) is 30.9 Å². The van der Waals surface area contributed by atoms with Crippen LogP contribution in [-0.4, -0.2) is 29.9 Å². The van der Waals surface area contributed by atoms with Crippen molar-refractivity contribution in [1.29, 1.82) is 0 Å². The molecule has 0 amide bonds. The molecular formula is C11H8N6. The molecule has 0 aliphatic carbocycles. The smallest absolute Gasteiger partial charge is 0.174 e. The number of fused-ring (bicyclic) bond motifs is 3. The summed E-state index contributed by atoms with van der Waals surface area (Å²) < 4.78 is 0. The maximum absolute atomic E-state index is 4.46. The molecule has 0 aromatic carbocycles. The Morgan fingerprint density at radius 2 is 2.00 bits per heavy atom. The molecule has 4 heterocycles. The number of aromatic nitrogens is 6. The lowest BCUT2D eigenvalue weighted by atomic mass is 10.3. The average Bonchev–Trinajstić information content (AvgIpc) is 3.08. The van der Waals surface area contributed by atoms with E-state index in [1.54, 1.807) is 18.6 Å². The van der Waals surface area contributed by atoms with E-state index in [1.807, 2.05) is 12.3 Å². The Labute approximate surface area is 95.1 Å². The van der Waals surface area contributed by atoms with E-state index in [0.29, 0.717) is 0 Å². The van der Waals surface area contributed by atoms with Crippen LogP contribution in [0.1, 0.15) is 0 Å². The van der Waals surface area contributed by atoms with Gasteiger partial charge in [0.2, 0.25) is 0 Å². The molecule has 0 unspecified atom stereocenters. The summed E-state index contributed by atoms with van der Waals surface area (Å²) in [6.45, 7) is 0. The Hall–Kier alpha value is -2.63. The number of aromatic amines is 3. The molecule has 0 spiro atoms. The van der Waals surface area contributed by atoms with Gasteiger partial charge in [-0.1, -0.05) is 0 Å². The lowest BCUT2D eigenvalue weighted by Crippen LogP contribution is -1.81. The van der Waals surface area contributed by atoms with Gasteiger partial charge in [-0.05, 0) is 6.07 Å². The zero-order valence-electron chi connectivity index (χ0n) is 8.73. The van der Waals surface area contributed by atoms with E-state index in [-0.39, 0.29) is 0 Å². The molecule has 0 aliphatic heterocycles. The SMILES string of the molecule is c1c[nH]c(-c2nc3cnc4[nH]ccc4c3[nH]2)n1. The van der Waals surface area contributed by atoms with E-state index in [4.69, 9.17) is 0 Å². The Balaban J connectivity index is 2.09. The molecule has 17 heavy (non-hydrogen) atoms. The van der Waals surface area contributed by atoms with Crippen LogP contribution in [0.3, 0.4) is 0 Å². The maximum Gasteiger partial charge on any atom is 0.174 e. The highest BCUT2D eigenvalue weighted by molar-refractivity contribution is 6.01. The lowest BCUT2D eigenvalue weighted by Gasteiger charge is -1.89. The number of nitrogens with one attached hydrogen (secondary N) is 3. The zero-order valence-corrected chi connectivity index (χ0v) is 8.73. The fraction of sp³-hybridized carbons (Fsp3) is 0. The van der Waals surface area contributed by atoms with Crippen LogP contribution in [0.5, 0.6) is 0 Å². The van der Waals surface area contributed by atoms with E-state index in [2.05, 4.69) is 29.9 Å². The third-order valence-electron chi connectivity index (χ3n) is 2.76. The van der Waals surface area contributed by atoms with E-state index in [1.165, 1.54) is 0 Å². The van der Waals surface area contributed by atoms with Crippen molar-refractivity contribution in [2.45, 2.75) is 0 Å². The Morgan fingerprint density at radius 1 is 1.00 bits per heavy atom. The topological polar surface area (TPSA) is 86.0 Å². The van der Waals surface area contributed by atoms with E-state index < -0.39 is 0 Å². The molecule has 0 atom stereocenters. The molecule has 0 radical (unpaired) electrons. The molecule has 6 heteroatoms. The van der Waals surface area contributed by atoms with Crippen LogP contribution in [0.25, 0.3) is 33.7 Å². The summed E-state index contributed by atoms with van der Waals surface area (Å²) in [4.78, 5) is 22.3. The third kappa shape index (κ3) is 1.12. The standard InChI is InChI=1S/C11H8N6/c1-2-12-9-6(1)8-7(5-15-9)16-11(17-8)10-13-3-4-14-10/h1-5H,(H,12,15)(H,13,14)(H,16,17). The van der Waals surface area contributed by atoms with Crippen molar-refractivity contribution in [3.8, 4) is 11.6 Å². The molecule has 4 rings (SSSR count). The fourth-order valence-electron chi connectivity index (χ4n) is 1.99. The fourth-order valence-corrected chi connectivity index (χ4v) is 1.99. The van der Waals surface area contributed by atoms with Crippen molar-refractivity contribution in [2.75, 3.05) is 0 Å². The molecule has 4 aromatic rings. The normalized spacial score (nSPS) is 11.5. The van der Waals surface area contributed by atoms with Gasteiger partial charge in [-0.15, -0.1) is 0 Å². The minimum Gasteiger partial charge on any atom is -0.346 e. The van der Waals surface area contributed by atoms with Gasteiger partial charge in [-0.2, -0.15) is 0 Å². The van der Waals surface area contributed by atoms with Crippen molar-refractivity contribution in [1.82, 2.24) is 29.9 Å². The van der Waals surface area contributed by atoms with Gasteiger partial charge < -0.3 is 15.0 Å². The minimum atomic E-state index is 0.723. The molecule has 6 nitrogen and oxygen atoms in total. The van der Waals surface area contributed by atoms with Crippen LogP contribution in [0, 0.1) is 0 Å². The summed E-state index contributed by atoms with van der Waals surface area (Å²) in [5.41, 5.74) is 2.67. The van der Waals surface area contributed by atoms with Gasteiger partial charge in [0.25, 0.3) is 0 Å². The first-order valence-electron chi connectivity index (χ1n) is 5.23. The molecule has 3 N–H and O–H groups in total. The number of imidazole rings is 2. The van der Waals surface area contributed by atoms with Gasteiger partial charge in [0.15, 0.2) is 11.6 Å². The Morgan fingerprint density at radius 3 is 2.88 bits per heavy atom. The van der Waals surface area contributed by atoms with E-state index in [9.17, 15) is 0 Å². The first-order chi connectivity index (χ1) is 8.42. The van der Waals surface area contributed by atoms with Crippen LogP contribution in [0.15, 0.2) is 30.9 Å². The van der Waals surface area contributed by atoms with Gasteiger partial charge in [-0.25, -0.2) is 15.0 Å². The zero-order chi connectivity index (χ0) is 11.2. The summed E-state index contributed by atoms with van der Waals surface area (Å²) in [6, 6.07) is 1.98. The predicted molar refractivity (Wildman–Crippen MR) is 63.3 cm³/mol. The highest BCUT2D eigenvalue weighted by Gasteiger charge is 2.10. The van der Waals surface area contributed by atoms with Gasteiger partial charge in [-0.3, -0.25) is 0 Å². The first-order valence-corrected chi connectivity index (χ1v) is 5.23. The molecule has 0 saturated heterocycles.